The molecule has 0 amide bonds. The summed E-state index contributed by atoms with van der Waals surface area (Å²) in [6.45, 7) is 8.23. The van der Waals surface area contributed by atoms with Gasteiger partial charge < -0.3 is 5.32 Å². The molecule has 0 atom stereocenters. The first-order valence-corrected chi connectivity index (χ1v) is 8.81. The molecule has 0 saturated heterocycles. The van der Waals surface area contributed by atoms with Crippen molar-refractivity contribution in [2.24, 2.45) is 5.41 Å². The Hall–Kier alpha value is -0.860. The summed E-state index contributed by atoms with van der Waals surface area (Å²) in [6.07, 6.45) is 8.35. The highest BCUT2D eigenvalue weighted by Crippen LogP contribution is 2.37. The van der Waals surface area contributed by atoms with Crippen LogP contribution in [0.15, 0.2) is 24.3 Å². The lowest BCUT2D eigenvalue weighted by Crippen LogP contribution is -2.46. The zero-order valence-corrected chi connectivity index (χ0v) is 13.5. The van der Waals surface area contributed by atoms with Gasteiger partial charge in [-0.2, -0.15) is 0 Å². The average Bonchev–Trinajstić information content (AvgIpc) is 2.54. The van der Waals surface area contributed by atoms with Crippen molar-refractivity contribution < 1.29 is 0 Å². The van der Waals surface area contributed by atoms with Gasteiger partial charge in [0.15, 0.2) is 0 Å². The molecule has 3 rings (SSSR count). The molecule has 1 aromatic carbocycles. The molecule has 2 heteroatoms. The number of fused-ring (bicyclic) bond motifs is 1. The van der Waals surface area contributed by atoms with Crippen LogP contribution in [0, 0.1) is 5.41 Å². The summed E-state index contributed by atoms with van der Waals surface area (Å²) in [6, 6.07) is 9.00. The van der Waals surface area contributed by atoms with Crippen molar-refractivity contribution >= 4 is 0 Å². The fourth-order valence-electron chi connectivity index (χ4n) is 4.25. The highest BCUT2D eigenvalue weighted by atomic mass is 15.1. The molecule has 2 nitrogen and oxygen atoms in total. The monoisotopic (exact) mass is 286 g/mol. The lowest BCUT2D eigenvalue weighted by molar-refractivity contribution is 0.0947. The Kier molecular flexibility index (Phi) is 4.97. The minimum Gasteiger partial charge on any atom is -0.316 e. The molecule has 1 heterocycles. The molecule has 0 bridgehead atoms. The normalized spacial score (nSPS) is 22.0. The Balaban J connectivity index is 1.66. The van der Waals surface area contributed by atoms with Crippen LogP contribution in [0.3, 0.4) is 0 Å². The van der Waals surface area contributed by atoms with Crippen molar-refractivity contribution in [1.29, 1.82) is 0 Å². The topological polar surface area (TPSA) is 15.3 Å². The minimum absolute atomic E-state index is 0.528. The van der Waals surface area contributed by atoms with Crippen LogP contribution < -0.4 is 5.32 Å². The molecule has 116 valence electrons. The highest BCUT2D eigenvalue weighted by molar-refractivity contribution is 5.29. The number of rotatable bonds is 5. The Bertz CT molecular complexity index is 449. The second kappa shape index (κ2) is 6.93. The molecule has 21 heavy (non-hydrogen) atoms. The first-order chi connectivity index (χ1) is 10.3. The first-order valence-electron chi connectivity index (χ1n) is 8.81. The summed E-state index contributed by atoms with van der Waals surface area (Å²) in [7, 11) is 0. The fraction of sp³-hybridized carbons (Fsp3) is 0.684. The number of benzene rings is 1. The summed E-state index contributed by atoms with van der Waals surface area (Å²) < 4.78 is 0. The predicted molar refractivity (Wildman–Crippen MR) is 89.5 cm³/mol. The van der Waals surface area contributed by atoms with E-state index >= 15 is 0 Å². The van der Waals surface area contributed by atoms with Gasteiger partial charge in [0, 0.05) is 26.2 Å². The molecular weight excluding hydrogens is 256 g/mol. The maximum Gasteiger partial charge on any atom is 0.0236 e. The molecule has 0 spiro atoms. The average molecular weight is 286 g/mol. The molecule has 1 aliphatic carbocycles. The SMILES string of the molecule is CCNCC1(CN2CCc3ccccc3C2)CCCCC1. The van der Waals surface area contributed by atoms with Gasteiger partial charge in [-0.3, -0.25) is 4.90 Å². The van der Waals surface area contributed by atoms with E-state index in [9.17, 15) is 0 Å². The van der Waals surface area contributed by atoms with E-state index in [1.807, 2.05) is 0 Å². The van der Waals surface area contributed by atoms with E-state index in [1.165, 1.54) is 58.2 Å². The maximum atomic E-state index is 3.64. The smallest absolute Gasteiger partial charge is 0.0236 e. The molecule has 2 aliphatic rings. The molecular formula is C19H30N2. The molecule has 0 aromatic heterocycles. The second-order valence-corrected chi connectivity index (χ2v) is 7.07. The molecule has 1 fully saturated rings. The van der Waals surface area contributed by atoms with Crippen molar-refractivity contribution in [1.82, 2.24) is 10.2 Å². The van der Waals surface area contributed by atoms with E-state index in [0.29, 0.717) is 5.41 Å². The van der Waals surface area contributed by atoms with Gasteiger partial charge in [-0.15, -0.1) is 0 Å². The highest BCUT2D eigenvalue weighted by Gasteiger charge is 2.34. The molecule has 1 saturated carbocycles. The van der Waals surface area contributed by atoms with Gasteiger partial charge in [0.25, 0.3) is 0 Å². The third kappa shape index (κ3) is 3.67. The zero-order chi connectivity index (χ0) is 14.5. The van der Waals surface area contributed by atoms with E-state index in [4.69, 9.17) is 0 Å². The van der Waals surface area contributed by atoms with Crippen LogP contribution in [0.2, 0.25) is 0 Å². The summed E-state index contributed by atoms with van der Waals surface area (Å²) in [5.41, 5.74) is 3.65. The first kappa shape index (κ1) is 15.1. The van der Waals surface area contributed by atoms with Crippen molar-refractivity contribution in [2.75, 3.05) is 26.2 Å². The third-order valence-corrected chi connectivity index (χ3v) is 5.43. The van der Waals surface area contributed by atoms with Gasteiger partial charge in [-0.05, 0) is 42.3 Å². The van der Waals surface area contributed by atoms with Crippen LogP contribution in [0.5, 0.6) is 0 Å². The van der Waals surface area contributed by atoms with Crippen LogP contribution >= 0.6 is 0 Å². The summed E-state index contributed by atoms with van der Waals surface area (Å²) in [5, 5.41) is 3.64. The van der Waals surface area contributed by atoms with Gasteiger partial charge in [0.2, 0.25) is 0 Å². The quantitative estimate of drug-likeness (QED) is 0.889. The maximum absolute atomic E-state index is 3.64. The van der Waals surface area contributed by atoms with Gasteiger partial charge in [-0.25, -0.2) is 0 Å². The van der Waals surface area contributed by atoms with Gasteiger partial charge in [-0.1, -0.05) is 50.5 Å². The van der Waals surface area contributed by atoms with Crippen molar-refractivity contribution in [3.05, 3.63) is 35.4 Å². The summed E-state index contributed by atoms with van der Waals surface area (Å²) in [4.78, 5) is 2.71. The third-order valence-electron chi connectivity index (χ3n) is 5.43. The van der Waals surface area contributed by atoms with Crippen LogP contribution in [-0.2, 0) is 13.0 Å². The van der Waals surface area contributed by atoms with Gasteiger partial charge in [0.05, 0.1) is 0 Å². The van der Waals surface area contributed by atoms with Gasteiger partial charge >= 0.3 is 0 Å². The van der Waals surface area contributed by atoms with Crippen LogP contribution in [0.1, 0.15) is 50.2 Å². The Labute approximate surface area is 129 Å². The van der Waals surface area contributed by atoms with Gasteiger partial charge in [0.1, 0.15) is 0 Å². The van der Waals surface area contributed by atoms with E-state index in [0.717, 1.165) is 13.1 Å². The molecule has 1 aliphatic heterocycles. The van der Waals surface area contributed by atoms with E-state index < -0.39 is 0 Å². The predicted octanol–water partition coefficient (Wildman–Crippen LogP) is 3.60. The standard InChI is InChI=1S/C19H30N2/c1-2-20-15-19(11-6-3-7-12-19)16-21-13-10-17-8-4-5-9-18(17)14-21/h4-5,8-9,20H,2-3,6-7,10-16H2,1H3. The zero-order valence-electron chi connectivity index (χ0n) is 13.5. The van der Waals surface area contributed by atoms with E-state index in [1.54, 1.807) is 11.1 Å². The fourth-order valence-corrected chi connectivity index (χ4v) is 4.25. The number of nitrogens with one attached hydrogen (secondary N) is 1. The number of hydrogen-bond acceptors (Lipinski definition) is 2. The molecule has 0 unspecified atom stereocenters. The largest absolute Gasteiger partial charge is 0.316 e. The molecule has 1 aromatic rings. The summed E-state index contributed by atoms with van der Waals surface area (Å²) >= 11 is 0. The Morgan fingerprint density at radius 2 is 1.86 bits per heavy atom. The minimum atomic E-state index is 0.528. The van der Waals surface area contributed by atoms with Crippen molar-refractivity contribution in [3.8, 4) is 0 Å². The molecule has 0 radical (unpaired) electrons. The van der Waals surface area contributed by atoms with E-state index in [2.05, 4.69) is 41.4 Å². The van der Waals surface area contributed by atoms with Crippen LogP contribution in [0.25, 0.3) is 0 Å². The Morgan fingerprint density at radius 1 is 1.10 bits per heavy atom. The van der Waals surface area contributed by atoms with Crippen LogP contribution in [-0.4, -0.2) is 31.1 Å². The Morgan fingerprint density at radius 3 is 2.62 bits per heavy atom. The van der Waals surface area contributed by atoms with Crippen molar-refractivity contribution in [2.45, 2.75) is 52.0 Å². The van der Waals surface area contributed by atoms with E-state index in [-0.39, 0.29) is 0 Å². The van der Waals surface area contributed by atoms with Crippen molar-refractivity contribution in [3.63, 3.8) is 0 Å². The number of nitrogens with zero attached hydrogens (tertiary/aromatic N) is 1. The van der Waals surface area contributed by atoms with Crippen LogP contribution in [0.4, 0.5) is 0 Å². The summed E-state index contributed by atoms with van der Waals surface area (Å²) in [5.74, 6) is 0. The number of hydrogen-bond donors (Lipinski definition) is 1. The molecule has 1 N–H and O–H groups in total. The lowest BCUT2D eigenvalue weighted by atomic mass is 9.73. The lowest BCUT2D eigenvalue weighted by Gasteiger charge is -2.42. The second-order valence-electron chi connectivity index (χ2n) is 7.07.